The molecule has 0 aliphatic heterocycles. The van der Waals surface area contributed by atoms with Crippen LogP contribution in [-0.2, 0) is 18.2 Å². The smallest absolute Gasteiger partial charge is 0.319 e. The first-order valence-electron chi connectivity index (χ1n) is 8.51. The summed E-state index contributed by atoms with van der Waals surface area (Å²) < 4.78 is 38.6. The van der Waals surface area contributed by atoms with Gasteiger partial charge in [0.05, 0.1) is 28.3 Å². The Morgan fingerprint density at radius 3 is 1.70 bits per heavy atom. The molecule has 4 nitrogen and oxygen atoms in total. The zero-order valence-electron chi connectivity index (χ0n) is 15.6. The van der Waals surface area contributed by atoms with Crippen molar-refractivity contribution >= 4 is 59.4 Å². The van der Waals surface area contributed by atoms with Crippen molar-refractivity contribution in [2.75, 3.05) is 26.5 Å². The van der Waals surface area contributed by atoms with Gasteiger partial charge >= 0.3 is 7.60 Å². The summed E-state index contributed by atoms with van der Waals surface area (Å²) in [5.41, 5.74) is 0. The number of rotatable bonds is 8. The van der Waals surface area contributed by atoms with E-state index >= 15 is 0 Å². The zero-order chi connectivity index (χ0) is 19.7. The van der Waals surface area contributed by atoms with Crippen molar-refractivity contribution in [2.24, 2.45) is 0 Å². The Morgan fingerprint density at radius 2 is 1.33 bits per heavy atom. The van der Waals surface area contributed by atoms with Crippen LogP contribution in [-0.4, -0.2) is 26.5 Å². The maximum Gasteiger partial charge on any atom is 0.363 e. The molecule has 3 aromatic rings. The molecule has 0 bridgehead atoms. The molecule has 27 heavy (non-hydrogen) atoms. The fourth-order valence-corrected chi connectivity index (χ4v) is 11.3. The molecule has 0 saturated heterocycles. The van der Waals surface area contributed by atoms with Gasteiger partial charge in [-0.15, -0.1) is 34.0 Å². The minimum Gasteiger partial charge on any atom is -0.319 e. The van der Waals surface area contributed by atoms with Crippen LogP contribution in [0.5, 0.6) is 0 Å². The average Bonchev–Trinajstić information content (AvgIpc) is 3.33. The quantitative estimate of drug-likeness (QED) is 0.368. The molecule has 0 fully saturated rings. The Balaban J connectivity index is 2.41. The fourth-order valence-electron chi connectivity index (χ4n) is 2.82. The third-order valence-electron chi connectivity index (χ3n) is 3.76. The lowest BCUT2D eigenvalue weighted by Gasteiger charge is -2.21. The average molecular weight is 461 g/mol. The summed E-state index contributed by atoms with van der Waals surface area (Å²) in [4.78, 5) is 3.73. The Labute approximate surface area is 172 Å². The van der Waals surface area contributed by atoms with Gasteiger partial charge in [-0.1, -0.05) is 12.1 Å². The van der Waals surface area contributed by atoms with Crippen LogP contribution in [0.3, 0.4) is 0 Å². The lowest BCUT2D eigenvalue weighted by Crippen LogP contribution is -2.26. The van der Waals surface area contributed by atoms with Crippen LogP contribution >= 0.6 is 48.7 Å². The standard InChI is InChI=1S/C18H22O4P2S3/c1-5-21-24(20,22-6-2)16-15(23(3,4)19)17(13-9-7-11-25-13)27-18(16)14-10-8-12-26-14/h7-12H,5-6H2,1-4H3. The first-order valence-corrected chi connectivity index (χ1v) is 15.2. The van der Waals surface area contributed by atoms with Crippen molar-refractivity contribution in [1.29, 1.82) is 0 Å². The van der Waals surface area contributed by atoms with Gasteiger partial charge in [-0.2, -0.15) is 0 Å². The maximum absolute atomic E-state index is 13.8. The number of hydrogen-bond donors (Lipinski definition) is 0. The van der Waals surface area contributed by atoms with Gasteiger partial charge in [0.15, 0.2) is 0 Å². The van der Waals surface area contributed by atoms with E-state index in [9.17, 15) is 9.13 Å². The first-order chi connectivity index (χ1) is 12.8. The minimum absolute atomic E-state index is 0.252. The summed E-state index contributed by atoms with van der Waals surface area (Å²) in [6.45, 7) is 7.53. The van der Waals surface area contributed by atoms with Crippen LogP contribution < -0.4 is 10.6 Å². The predicted molar refractivity (Wildman–Crippen MR) is 121 cm³/mol. The molecule has 0 amide bonds. The maximum atomic E-state index is 13.8. The molecule has 3 rings (SSSR count). The second-order valence-corrected chi connectivity index (χ2v) is 14.1. The summed E-state index contributed by atoms with van der Waals surface area (Å²) in [5, 5.41) is 5.08. The van der Waals surface area contributed by atoms with Gasteiger partial charge in [-0.3, -0.25) is 4.57 Å². The molecule has 0 atom stereocenters. The van der Waals surface area contributed by atoms with Gasteiger partial charge in [0, 0.05) is 15.1 Å². The van der Waals surface area contributed by atoms with E-state index in [2.05, 4.69) is 0 Å². The van der Waals surface area contributed by atoms with Crippen LogP contribution in [0.4, 0.5) is 0 Å². The highest BCUT2D eigenvalue weighted by Gasteiger charge is 2.40. The lowest BCUT2D eigenvalue weighted by molar-refractivity contribution is 0.230. The van der Waals surface area contributed by atoms with Crippen LogP contribution in [0.2, 0.25) is 0 Å². The molecule has 146 valence electrons. The molecule has 0 aliphatic rings. The van der Waals surface area contributed by atoms with Crippen LogP contribution in [0.1, 0.15) is 13.8 Å². The fraction of sp³-hybridized carbons (Fsp3) is 0.333. The molecule has 0 aliphatic carbocycles. The van der Waals surface area contributed by atoms with Gasteiger partial charge in [0.2, 0.25) is 0 Å². The first kappa shape index (κ1) is 21.2. The predicted octanol–water partition coefficient (Wildman–Crippen LogP) is 6.34. The van der Waals surface area contributed by atoms with E-state index in [0.717, 1.165) is 19.5 Å². The van der Waals surface area contributed by atoms with Crippen molar-refractivity contribution in [3.8, 4) is 19.5 Å². The van der Waals surface area contributed by atoms with E-state index < -0.39 is 14.7 Å². The molecule has 0 aromatic carbocycles. The van der Waals surface area contributed by atoms with Gasteiger partial charge in [0.25, 0.3) is 0 Å². The van der Waals surface area contributed by atoms with Crippen molar-refractivity contribution in [3.63, 3.8) is 0 Å². The van der Waals surface area contributed by atoms with Crippen LogP contribution in [0.15, 0.2) is 35.0 Å². The Morgan fingerprint density at radius 1 is 0.852 bits per heavy atom. The van der Waals surface area contributed by atoms with Crippen molar-refractivity contribution in [3.05, 3.63) is 35.0 Å². The highest BCUT2D eigenvalue weighted by atomic mass is 32.1. The molecule has 3 heterocycles. The van der Waals surface area contributed by atoms with E-state index in [1.165, 1.54) is 11.3 Å². The summed E-state index contributed by atoms with van der Waals surface area (Å²) in [5.74, 6) is 0. The Hall–Kier alpha value is -0.520. The van der Waals surface area contributed by atoms with E-state index in [-0.39, 0.29) is 13.2 Å². The molecular formula is C18H22O4P2S3. The van der Waals surface area contributed by atoms with E-state index in [1.54, 1.807) is 49.9 Å². The Bertz CT molecular complexity index is 974. The van der Waals surface area contributed by atoms with Crippen molar-refractivity contribution < 1.29 is 18.2 Å². The molecule has 9 heteroatoms. The monoisotopic (exact) mass is 460 g/mol. The number of hydrogen-bond acceptors (Lipinski definition) is 7. The third kappa shape index (κ3) is 4.25. The van der Waals surface area contributed by atoms with Gasteiger partial charge in [-0.05, 0) is 50.1 Å². The molecule has 3 aromatic heterocycles. The normalized spacial score (nSPS) is 12.6. The Kier molecular flexibility index (Phi) is 6.64. The van der Waals surface area contributed by atoms with E-state index in [1.807, 2.05) is 35.0 Å². The zero-order valence-corrected chi connectivity index (χ0v) is 19.9. The van der Waals surface area contributed by atoms with Crippen molar-refractivity contribution in [1.82, 2.24) is 0 Å². The minimum atomic E-state index is -3.62. The van der Waals surface area contributed by atoms with E-state index in [4.69, 9.17) is 9.05 Å². The molecule has 0 spiro atoms. The summed E-state index contributed by atoms with van der Waals surface area (Å²) in [6.07, 6.45) is 0. The van der Waals surface area contributed by atoms with Crippen molar-refractivity contribution in [2.45, 2.75) is 13.8 Å². The highest BCUT2D eigenvalue weighted by molar-refractivity contribution is 7.75. The molecule has 0 radical (unpaired) electrons. The number of thiophene rings is 3. The van der Waals surface area contributed by atoms with E-state index in [0.29, 0.717) is 10.6 Å². The highest BCUT2D eigenvalue weighted by Crippen LogP contribution is 2.56. The lowest BCUT2D eigenvalue weighted by atomic mass is 10.3. The van der Waals surface area contributed by atoms with Gasteiger partial charge in [-0.25, -0.2) is 0 Å². The SMILES string of the molecule is CCOP(=O)(OCC)c1c(-c2cccs2)sc(-c2cccs2)c1P(C)(C)=O. The second kappa shape index (κ2) is 8.46. The van der Waals surface area contributed by atoms with Crippen LogP contribution in [0.25, 0.3) is 19.5 Å². The molecule has 0 saturated carbocycles. The summed E-state index contributed by atoms with van der Waals surface area (Å²) >= 11 is 4.67. The topological polar surface area (TPSA) is 52.6 Å². The van der Waals surface area contributed by atoms with Gasteiger partial charge in [0.1, 0.15) is 7.14 Å². The summed E-state index contributed by atoms with van der Waals surface area (Å²) in [6, 6.07) is 7.91. The third-order valence-corrected chi connectivity index (χ3v) is 11.2. The molecule has 0 N–H and O–H groups in total. The molecule has 0 unspecified atom stereocenters. The molecular weight excluding hydrogens is 438 g/mol. The second-order valence-electron chi connectivity index (χ2n) is 6.10. The summed E-state index contributed by atoms with van der Waals surface area (Å²) in [7, 11) is -6.39. The van der Waals surface area contributed by atoms with Crippen LogP contribution in [0, 0.1) is 0 Å². The van der Waals surface area contributed by atoms with Gasteiger partial charge < -0.3 is 13.6 Å². The largest absolute Gasteiger partial charge is 0.363 e.